The van der Waals surface area contributed by atoms with Gasteiger partial charge in [-0.3, -0.25) is 14.3 Å². The van der Waals surface area contributed by atoms with Gasteiger partial charge in [0.25, 0.3) is 0 Å². The second-order valence-corrected chi connectivity index (χ2v) is 9.80. The minimum atomic E-state index is 0.136. The van der Waals surface area contributed by atoms with Crippen LogP contribution < -0.4 is 5.73 Å². The lowest BCUT2D eigenvalue weighted by Crippen LogP contribution is -2.49. The van der Waals surface area contributed by atoms with Gasteiger partial charge in [0, 0.05) is 44.0 Å². The number of rotatable bonds is 6. The number of nitrogens with two attached hydrogens (primary N) is 1. The Balaban J connectivity index is 1.16. The van der Waals surface area contributed by atoms with E-state index in [-0.39, 0.29) is 5.91 Å². The Morgan fingerprint density at radius 2 is 1.86 bits per heavy atom. The fourth-order valence-electron chi connectivity index (χ4n) is 4.35. The summed E-state index contributed by atoms with van der Waals surface area (Å²) >= 11 is 1.48. The van der Waals surface area contributed by atoms with Crippen molar-refractivity contribution in [3.05, 3.63) is 71.8 Å². The third-order valence-electron chi connectivity index (χ3n) is 6.32. The Morgan fingerprint density at radius 3 is 2.69 bits per heavy atom. The van der Waals surface area contributed by atoms with Gasteiger partial charge in [-0.15, -0.1) is 0 Å². The van der Waals surface area contributed by atoms with Gasteiger partial charge in [-0.05, 0) is 43.2 Å². The molecule has 180 valence electrons. The van der Waals surface area contributed by atoms with Crippen LogP contribution in [0.1, 0.15) is 17.0 Å². The molecule has 2 N–H and O–H groups in total. The second kappa shape index (κ2) is 10.1. The first-order valence-electron chi connectivity index (χ1n) is 11.7. The van der Waals surface area contributed by atoms with E-state index in [1.165, 1.54) is 22.9 Å². The largest absolute Gasteiger partial charge is 0.383 e. The molecule has 35 heavy (non-hydrogen) atoms. The van der Waals surface area contributed by atoms with Gasteiger partial charge in [-0.2, -0.15) is 0 Å². The molecule has 0 unspecified atom stereocenters. The molecule has 2 aromatic carbocycles. The zero-order valence-electron chi connectivity index (χ0n) is 20.0. The van der Waals surface area contributed by atoms with E-state index in [1.807, 2.05) is 35.4 Å². The Hall–Kier alpha value is -3.43. The third-order valence-corrected chi connectivity index (χ3v) is 7.28. The zero-order valence-corrected chi connectivity index (χ0v) is 20.8. The molecule has 1 aliphatic heterocycles. The van der Waals surface area contributed by atoms with Crippen LogP contribution in [0.5, 0.6) is 0 Å². The molecule has 0 saturated carbocycles. The van der Waals surface area contributed by atoms with Gasteiger partial charge in [0.1, 0.15) is 11.6 Å². The van der Waals surface area contributed by atoms with Crippen molar-refractivity contribution in [2.45, 2.75) is 25.5 Å². The maximum absolute atomic E-state index is 12.9. The molecule has 1 saturated heterocycles. The number of carbonyl (C=O) groups excluding carboxylic acids is 1. The number of fused-ring (bicyclic) bond motifs is 1. The van der Waals surface area contributed by atoms with Crippen molar-refractivity contribution in [2.24, 2.45) is 0 Å². The van der Waals surface area contributed by atoms with E-state index >= 15 is 0 Å². The first kappa shape index (κ1) is 23.3. The monoisotopic (exact) mass is 487 g/mol. The highest BCUT2D eigenvalue weighted by molar-refractivity contribution is 7.99. The number of nitrogens with zero attached hydrogens (tertiary/aromatic N) is 6. The highest BCUT2D eigenvalue weighted by Crippen LogP contribution is 2.24. The number of thioether (sulfide) groups is 1. The van der Waals surface area contributed by atoms with Crippen LogP contribution in [0.25, 0.3) is 16.6 Å². The molecule has 1 fully saturated rings. The van der Waals surface area contributed by atoms with E-state index in [2.05, 4.69) is 56.5 Å². The summed E-state index contributed by atoms with van der Waals surface area (Å²) in [6, 6.07) is 14.1. The van der Waals surface area contributed by atoms with Crippen molar-refractivity contribution in [1.82, 2.24) is 29.3 Å². The van der Waals surface area contributed by atoms with Crippen LogP contribution in [0, 0.1) is 13.8 Å². The average molecular weight is 488 g/mol. The van der Waals surface area contributed by atoms with Crippen molar-refractivity contribution < 1.29 is 4.79 Å². The highest BCUT2D eigenvalue weighted by Gasteiger charge is 2.23. The second-order valence-electron chi connectivity index (χ2n) is 8.86. The van der Waals surface area contributed by atoms with Gasteiger partial charge < -0.3 is 10.6 Å². The number of piperazine rings is 1. The fourth-order valence-corrected chi connectivity index (χ4v) is 5.22. The molecule has 9 heteroatoms. The predicted octanol–water partition coefficient (Wildman–Crippen LogP) is 3.45. The summed E-state index contributed by atoms with van der Waals surface area (Å²) in [5.41, 5.74) is 10.5. The van der Waals surface area contributed by atoms with Crippen LogP contribution in [0.4, 0.5) is 5.82 Å². The number of hydrogen-bond donors (Lipinski definition) is 1. The number of carbonyl (C=O) groups is 1. The minimum Gasteiger partial charge on any atom is -0.383 e. The average Bonchev–Trinajstić information content (AvgIpc) is 3.33. The van der Waals surface area contributed by atoms with Gasteiger partial charge in [-0.1, -0.05) is 36.0 Å². The molecule has 8 nitrogen and oxygen atoms in total. The molecule has 1 amide bonds. The predicted molar refractivity (Wildman–Crippen MR) is 140 cm³/mol. The van der Waals surface area contributed by atoms with Gasteiger partial charge >= 0.3 is 0 Å². The van der Waals surface area contributed by atoms with Gasteiger partial charge in [0.05, 0.1) is 23.5 Å². The van der Waals surface area contributed by atoms with E-state index in [0.29, 0.717) is 31.2 Å². The molecule has 2 aromatic heterocycles. The topological polar surface area (TPSA) is 93.2 Å². The number of amides is 1. The normalized spacial score (nSPS) is 14.5. The van der Waals surface area contributed by atoms with Gasteiger partial charge in [0.15, 0.2) is 5.16 Å². The summed E-state index contributed by atoms with van der Waals surface area (Å²) in [5.74, 6) is 1.73. The molecular formula is C26H29N7OS. The third kappa shape index (κ3) is 5.16. The number of aromatic nitrogens is 4. The molecule has 0 bridgehead atoms. The maximum Gasteiger partial charge on any atom is 0.233 e. The van der Waals surface area contributed by atoms with Crippen LogP contribution in [-0.4, -0.2) is 67.2 Å². The van der Waals surface area contributed by atoms with Crippen LogP contribution >= 0.6 is 11.8 Å². The number of nitrogen functional groups attached to an aromatic ring is 1. The molecule has 1 aliphatic rings. The summed E-state index contributed by atoms with van der Waals surface area (Å²) in [5, 5.41) is 1.71. The Kier molecular flexibility index (Phi) is 6.70. The summed E-state index contributed by atoms with van der Waals surface area (Å²) in [6.45, 7) is 7.73. The zero-order chi connectivity index (χ0) is 24.4. The summed E-state index contributed by atoms with van der Waals surface area (Å²) < 4.78 is 2.06. The Bertz CT molecular complexity index is 1360. The number of hydrogen-bond acceptors (Lipinski definition) is 7. The Morgan fingerprint density at radius 1 is 1.06 bits per heavy atom. The van der Waals surface area contributed by atoms with Crippen molar-refractivity contribution in [1.29, 1.82) is 0 Å². The molecule has 5 rings (SSSR count). The molecule has 0 radical (unpaired) electrons. The molecule has 0 spiro atoms. The summed E-state index contributed by atoms with van der Waals surface area (Å²) in [7, 11) is 0. The van der Waals surface area contributed by atoms with E-state index in [4.69, 9.17) is 5.73 Å². The summed E-state index contributed by atoms with van der Waals surface area (Å²) in [6.07, 6.45) is 3.74. The van der Waals surface area contributed by atoms with Crippen LogP contribution in [0.2, 0.25) is 0 Å². The molecule has 0 aliphatic carbocycles. The smallest absolute Gasteiger partial charge is 0.233 e. The van der Waals surface area contributed by atoms with Crippen molar-refractivity contribution >= 4 is 34.4 Å². The quantitative estimate of drug-likeness (QED) is 0.416. The standard InChI is InChI=1S/C26H29N7OS/c1-18-7-8-19(2)22(15-18)33-10-9-28-26(33)35-17-24(34)32-13-11-31(12-14-32)16-23-29-21-6-4-3-5-20(21)25(27)30-23/h3-10,15H,11-14,16-17H2,1-2H3,(H2,27,29,30). The number of imidazole rings is 1. The molecular weight excluding hydrogens is 458 g/mol. The van der Waals surface area contributed by atoms with E-state index < -0.39 is 0 Å². The Labute approximate surface area is 209 Å². The molecule has 0 atom stereocenters. The van der Waals surface area contributed by atoms with Crippen molar-refractivity contribution in [2.75, 3.05) is 37.7 Å². The van der Waals surface area contributed by atoms with Gasteiger partial charge in [-0.25, -0.2) is 15.0 Å². The lowest BCUT2D eigenvalue weighted by molar-refractivity contribution is -0.130. The first-order valence-corrected chi connectivity index (χ1v) is 12.7. The van der Waals surface area contributed by atoms with E-state index in [0.717, 1.165) is 40.7 Å². The first-order chi connectivity index (χ1) is 17.0. The number of benzene rings is 2. The number of para-hydroxylation sites is 1. The van der Waals surface area contributed by atoms with Crippen LogP contribution in [-0.2, 0) is 11.3 Å². The van der Waals surface area contributed by atoms with E-state index in [1.54, 1.807) is 6.20 Å². The van der Waals surface area contributed by atoms with E-state index in [9.17, 15) is 4.79 Å². The fraction of sp³-hybridized carbons (Fsp3) is 0.308. The van der Waals surface area contributed by atoms with Crippen LogP contribution in [0.15, 0.2) is 60.0 Å². The van der Waals surface area contributed by atoms with Crippen molar-refractivity contribution in [3.8, 4) is 5.69 Å². The molecule has 3 heterocycles. The maximum atomic E-state index is 12.9. The number of aryl methyl sites for hydroxylation is 2. The number of anilines is 1. The van der Waals surface area contributed by atoms with Crippen molar-refractivity contribution in [3.63, 3.8) is 0 Å². The SMILES string of the molecule is Cc1ccc(C)c(-n2ccnc2SCC(=O)N2CCN(Cc3nc(N)c4ccccc4n3)CC2)c1. The minimum absolute atomic E-state index is 0.136. The van der Waals surface area contributed by atoms with Crippen LogP contribution in [0.3, 0.4) is 0 Å². The lowest BCUT2D eigenvalue weighted by atomic mass is 10.1. The molecule has 4 aromatic rings. The lowest BCUT2D eigenvalue weighted by Gasteiger charge is -2.34. The summed E-state index contributed by atoms with van der Waals surface area (Å²) in [4.78, 5) is 30.8. The van der Waals surface area contributed by atoms with Gasteiger partial charge in [0.2, 0.25) is 5.91 Å². The highest BCUT2D eigenvalue weighted by atomic mass is 32.2.